The van der Waals surface area contributed by atoms with Gasteiger partial charge in [0, 0.05) is 11.6 Å². The first-order valence-electron chi connectivity index (χ1n) is 9.80. The molecule has 26 heavy (non-hydrogen) atoms. The van der Waals surface area contributed by atoms with Crippen LogP contribution in [0.25, 0.3) is 0 Å². The SMILES string of the molecule is CC[C@H](C)NC(=O)[C@H]1COC2(CCC(C)CC2)N1C(=O)c1ccccc1. The first-order valence-corrected chi connectivity index (χ1v) is 9.80. The van der Waals surface area contributed by atoms with Crippen LogP contribution in [0.5, 0.6) is 0 Å². The van der Waals surface area contributed by atoms with Crippen LogP contribution in [0.1, 0.15) is 63.2 Å². The fourth-order valence-corrected chi connectivity index (χ4v) is 3.94. The number of nitrogens with one attached hydrogen (secondary N) is 1. The molecule has 0 radical (unpaired) electrons. The number of carbonyl (C=O) groups excluding carboxylic acids is 2. The molecule has 1 aromatic rings. The van der Waals surface area contributed by atoms with Crippen molar-refractivity contribution in [2.45, 2.75) is 70.7 Å². The lowest BCUT2D eigenvalue weighted by Gasteiger charge is -2.43. The highest BCUT2D eigenvalue weighted by atomic mass is 16.5. The Morgan fingerprint density at radius 2 is 1.92 bits per heavy atom. The zero-order valence-corrected chi connectivity index (χ0v) is 16.0. The van der Waals surface area contributed by atoms with Crippen molar-refractivity contribution < 1.29 is 14.3 Å². The van der Waals surface area contributed by atoms with Crippen molar-refractivity contribution in [2.75, 3.05) is 6.61 Å². The first kappa shape index (κ1) is 18.9. The Morgan fingerprint density at radius 1 is 1.27 bits per heavy atom. The second-order valence-electron chi connectivity index (χ2n) is 7.81. The van der Waals surface area contributed by atoms with Gasteiger partial charge < -0.3 is 10.1 Å². The highest BCUT2D eigenvalue weighted by molar-refractivity contribution is 5.98. The molecule has 1 spiro atoms. The third-order valence-corrected chi connectivity index (χ3v) is 5.86. The van der Waals surface area contributed by atoms with E-state index in [0.717, 1.165) is 32.1 Å². The van der Waals surface area contributed by atoms with E-state index < -0.39 is 11.8 Å². The van der Waals surface area contributed by atoms with Gasteiger partial charge in [-0.05, 0) is 57.1 Å². The van der Waals surface area contributed by atoms with Gasteiger partial charge in [-0.2, -0.15) is 0 Å². The van der Waals surface area contributed by atoms with Gasteiger partial charge in [-0.1, -0.05) is 32.0 Å². The quantitative estimate of drug-likeness (QED) is 0.898. The Balaban J connectivity index is 1.89. The van der Waals surface area contributed by atoms with E-state index in [1.165, 1.54) is 0 Å². The first-order chi connectivity index (χ1) is 12.5. The average molecular weight is 358 g/mol. The lowest BCUT2D eigenvalue weighted by Crippen LogP contribution is -2.57. The molecular weight excluding hydrogens is 328 g/mol. The number of amides is 2. The summed E-state index contributed by atoms with van der Waals surface area (Å²) in [4.78, 5) is 27.9. The summed E-state index contributed by atoms with van der Waals surface area (Å²) >= 11 is 0. The minimum Gasteiger partial charge on any atom is -0.353 e. The molecule has 1 aliphatic heterocycles. The van der Waals surface area contributed by atoms with E-state index in [0.29, 0.717) is 11.5 Å². The van der Waals surface area contributed by atoms with Crippen molar-refractivity contribution >= 4 is 11.8 Å². The molecule has 0 bridgehead atoms. The summed E-state index contributed by atoms with van der Waals surface area (Å²) in [5.74, 6) is 0.409. The normalized spacial score (nSPS) is 29.6. The summed E-state index contributed by atoms with van der Waals surface area (Å²) < 4.78 is 6.18. The van der Waals surface area contributed by atoms with Crippen LogP contribution in [0.4, 0.5) is 0 Å². The summed E-state index contributed by atoms with van der Waals surface area (Å²) in [6.45, 7) is 6.52. The Bertz CT molecular complexity index is 638. The van der Waals surface area contributed by atoms with E-state index in [1.807, 2.05) is 44.2 Å². The predicted molar refractivity (Wildman–Crippen MR) is 101 cm³/mol. The molecule has 2 atom stereocenters. The molecule has 2 amide bonds. The monoisotopic (exact) mass is 358 g/mol. The molecule has 1 saturated carbocycles. The number of rotatable bonds is 4. The predicted octanol–water partition coefficient (Wildman–Crippen LogP) is 3.35. The van der Waals surface area contributed by atoms with Gasteiger partial charge in [-0.25, -0.2) is 0 Å². The lowest BCUT2D eigenvalue weighted by atomic mass is 9.83. The summed E-state index contributed by atoms with van der Waals surface area (Å²) in [7, 11) is 0. The topological polar surface area (TPSA) is 58.6 Å². The van der Waals surface area contributed by atoms with E-state index in [-0.39, 0.29) is 24.5 Å². The van der Waals surface area contributed by atoms with Crippen molar-refractivity contribution in [1.29, 1.82) is 0 Å². The van der Waals surface area contributed by atoms with Crippen molar-refractivity contribution in [1.82, 2.24) is 10.2 Å². The third kappa shape index (κ3) is 3.63. The van der Waals surface area contributed by atoms with Crippen LogP contribution >= 0.6 is 0 Å². The molecule has 5 nitrogen and oxygen atoms in total. The van der Waals surface area contributed by atoms with Crippen LogP contribution < -0.4 is 5.32 Å². The molecule has 1 aliphatic carbocycles. The maximum absolute atomic E-state index is 13.3. The molecule has 1 heterocycles. The number of ether oxygens (including phenoxy) is 1. The summed E-state index contributed by atoms with van der Waals surface area (Å²) in [5, 5.41) is 3.03. The van der Waals surface area contributed by atoms with Crippen LogP contribution in [0.15, 0.2) is 30.3 Å². The number of carbonyl (C=O) groups is 2. The largest absolute Gasteiger partial charge is 0.353 e. The van der Waals surface area contributed by atoms with Gasteiger partial charge >= 0.3 is 0 Å². The maximum Gasteiger partial charge on any atom is 0.256 e. The lowest BCUT2D eigenvalue weighted by molar-refractivity contribution is -0.128. The number of benzene rings is 1. The molecular formula is C21H30N2O3. The molecule has 2 aliphatic rings. The van der Waals surface area contributed by atoms with Crippen molar-refractivity contribution in [3.63, 3.8) is 0 Å². The summed E-state index contributed by atoms with van der Waals surface area (Å²) in [5.41, 5.74) is -0.0333. The van der Waals surface area contributed by atoms with E-state index in [2.05, 4.69) is 12.2 Å². The molecule has 2 fully saturated rings. The van der Waals surface area contributed by atoms with Crippen molar-refractivity contribution in [3.05, 3.63) is 35.9 Å². The van der Waals surface area contributed by atoms with Crippen LogP contribution in [0.2, 0.25) is 0 Å². The number of hydrogen-bond acceptors (Lipinski definition) is 3. The highest BCUT2D eigenvalue weighted by Crippen LogP contribution is 2.43. The smallest absolute Gasteiger partial charge is 0.256 e. The molecule has 0 unspecified atom stereocenters. The van der Waals surface area contributed by atoms with Crippen LogP contribution in [-0.4, -0.2) is 41.1 Å². The minimum atomic E-state index is -0.642. The second kappa shape index (κ2) is 7.78. The molecule has 1 N–H and O–H groups in total. The van der Waals surface area contributed by atoms with Crippen molar-refractivity contribution in [2.24, 2.45) is 5.92 Å². The number of nitrogens with zero attached hydrogens (tertiary/aromatic N) is 1. The Kier molecular flexibility index (Phi) is 5.66. The van der Waals surface area contributed by atoms with Crippen LogP contribution in [0, 0.1) is 5.92 Å². The molecule has 1 saturated heterocycles. The van der Waals surface area contributed by atoms with E-state index >= 15 is 0 Å². The minimum absolute atomic E-state index is 0.0825. The molecule has 3 rings (SSSR count). The fourth-order valence-electron chi connectivity index (χ4n) is 3.94. The third-order valence-electron chi connectivity index (χ3n) is 5.86. The van der Waals surface area contributed by atoms with Crippen LogP contribution in [-0.2, 0) is 9.53 Å². The molecule has 5 heteroatoms. The Labute approximate surface area is 156 Å². The zero-order chi connectivity index (χ0) is 18.7. The van der Waals surface area contributed by atoms with Gasteiger partial charge in [-0.3, -0.25) is 14.5 Å². The molecule has 142 valence electrons. The fraction of sp³-hybridized carbons (Fsp3) is 0.619. The van der Waals surface area contributed by atoms with Gasteiger partial charge in [0.1, 0.15) is 11.8 Å². The Hall–Kier alpha value is -1.88. The van der Waals surface area contributed by atoms with Crippen molar-refractivity contribution in [3.8, 4) is 0 Å². The van der Waals surface area contributed by atoms with Gasteiger partial charge in [0.25, 0.3) is 5.91 Å². The summed E-state index contributed by atoms with van der Waals surface area (Å²) in [6, 6.07) is 8.74. The van der Waals surface area contributed by atoms with E-state index in [1.54, 1.807) is 4.90 Å². The van der Waals surface area contributed by atoms with Gasteiger partial charge in [0.2, 0.25) is 5.91 Å². The highest BCUT2D eigenvalue weighted by Gasteiger charge is 2.53. The van der Waals surface area contributed by atoms with Gasteiger partial charge in [0.05, 0.1) is 6.61 Å². The number of hydrogen-bond donors (Lipinski definition) is 1. The standard InChI is InChI=1S/C21H30N2O3/c1-4-16(3)22-19(24)18-14-26-21(12-10-15(2)11-13-21)23(18)20(25)17-8-6-5-7-9-17/h5-9,15-16,18H,4,10-14H2,1-3H3,(H,22,24)/t15?,16-,18+,21?/m0/s1. The molecule has 0 aromatic heterocycles. The average Bonchev–Trinajstić information content (AvgIpc) is 3.03. The molecule has 1 aromatic carbocycles. The van der Waals surface area contributed by atoms with Gasteiger partial charge in [0.15, 0.2) is 0 Å². The Morgan fingerprint density at radius 3 is 2.54 bits per heavy atom. The summed E-state index contributed by atoms with van der Waals surface area (Å²) in [6.07, 6.45) is 4.46. The second-order valence-corrected chi connectivity index (χ2v) is 7.81. The van der Waals surface area contributed by atoms with E-state index in [4.69, 9.17) is 4.74 Å². The maximum atomic E-state index is 13.3. The van der Waals surface area contributed by atoms with Gasteiger partial charge in [-0.15, -0.1) is 0 Å². The van der Waals surface area contributed by atoms with Crippen LogP contribution in [0.3, 0.4) is 0 Å². The zero-order valence-electron chi connectivity index (χ0n) is 16.0. The van der Waals surface area contributed by atoms with E-state index in [9.17, 15) is 9.59 Å².